The van der Waals surface area contributed by atoms with Crippen molar-refractivity contribution in [3.8, 4) is 0 Å². The molecule has 0 aromatic rings. The molecule has 2 saturated heterocycles. The molecule has 2 radical (unpaired) electrons. The van der Waals surface area contributed by atoms with Crippen molar-refractivity contribution in [3.63, 3.8) is 0 Å². The van der Waals surface area contributed by atoms with Crippen molar-refractivity contribution in [2.45, 2.75) is 37.2 Å². The van der Waals surface area contributed by atoms with E-state index in [4.69, 9.17) is 13.6 Å². The van der Waals surface area contributed by atoms with Crippen molar-refractivity contribution in [3.05, 3.63) is 0 Å². The Balaban J connectivity index is 2.04. The van der Waals surface area contributed by atoms with Crippen LogP contribution in [-0.4, -0.2) is 61.6 Å². The number of nitrogens with one attached hydrogen (secondary N) is 1. The minimum atomic E-state index is -1.10. The zero-order chi connectivity index (χ0) is 13.2. The van der Waals surface area contributed by atoms with Crippen molar-refractivity contribution < 1.29 is 9.90 Å². The first-order valence-electron chi connectivity index (χ1n) is 6.75. The van der Waals surface area contributed by atoms with Gasteiger partial charge in [0.1, 0.15) is 5.54 Å². The molecule has 0 spiro atoms. The summed E-state index contributed by atoms with van der Waals surface area (Å²) in [7, 11) is 5.52. The van der Waals surface area contributed by atoms with Gasteiger partial charge >= 0.3 is 5.97 Å². The molecule has 3 atom stereocenters. The Morgan fingerprint density at radius 2 is 2.39 bits per heavy atom. The molecular formula is C12H22BN3O2. The third kappa shape index (κ3) is 2.55. The number of hydrogen-bond donors (Lipinski definition) is 3. The van der Waals surface area contributed by atoms with Gasteiger partial charge in [-0.25, -0.2) is 0 Å². The maximum absolute atomic E-state index is 11.5. The third-order valence-electron chi connectivity index (χ3n) is 4.35. The lowest BCUT2D eigenvalue weighted by Gasteiger charge is -2.26. The molecule has 0 amide bonds. The van der Waals surface area contributed by atoms with Gasteiger partial charge in [0.2, 0.25) is 0 Å². The average Bonchev–Trinajstić information content (AvgIpc) is 2.94. The lowest BCUT2D eigenvalue weighted by atomic mass is 9.83. The Bertz CT molecular complexity index is 310. The summed E-state index contributed by atoms with van der Waals surface area (Å²) in [6, 6.07) is 0.440. The molecule has 0 aromatic heterocycles. The number of nitrogens with two attached hydrogens (primary N) is 1. The maximum atomic E-state index is 11.5. The lowest BCUT2D eigenvalue weighted by molar-refractivity contribution is -0.144. The summed E-state index contributed by atoms with van der Waals surface area (Å²) in [6.07, 6.45) is 3.32. The highest BCUT2D eigenvalue weighted by molar-refractivity contribution is 6.08. The summed E-state index contributed by atoms with van der Waals surface area (Å²) in [5, 5.41) is 12.7. The van der Waals surface area contributed by atoms with E-state index in [0.29, 0.717) is 18.9 Å². The molecule has 2 aliphatic rings. The normalized spacial score (nSPS) is 37.2. The van der Waals surface area contributed by atoms with Gasteiger partial charge in [0.25, 0.3) is 0 Å². The van der Waals surface area contributed by atoms with E-state index in [0.717, 1.165) is 38.9 Å². The first-order valence-corrected chi connectivity index (χ1v) is 6.75. The first kappa shape index (κ1) is 13.8. The molecule has 0 bridgehead atoms. The van der Waals surface area contributed by atoms with E-state index >= 15 is 0 Å². The summed E-state index contributed by atoms with van der Waals surface area (Å²) in [4.78, 5) is 13.7. The van der Waals surface area contributed by atoms with Gasteiger partial charge in [-0.1, -0.05) is 12.7 Å². The number of carboxylic acids is 1. The maximum Gasteiger partial charge on any atom is 0.325 e. The molecule has 2 aliphatic heterocycles. The average molecular weight is 251 g/mol. The third-order valence-corrected chi connectivity index (χ3v) is 4.35. The summed E-state index contributed by atoms with van der Waals surface area (Å²) < 4.78 is 0. The van der Waals surface area contributed by atoms with Gasteiger partial charge in [0.15, 0.2) is 0 Å². The summed E-state index contributed by atoms with van der Waals surface area (Å²) in [5.74, 6) is -0.864. The second kappa shape index (κ2) is 5.59. The van der Waals surface area contributed by atoms with E-state index in [1.807, 2.05) is 0 Å². The smallest absolute Gasteiger partial charge is 0.325 e. The molecule has 100 valence electrons. The summed E-state index contributed by atoms with van der Waals surface area (Å²) in [5.41, 5.74) is 5.04. The Hall–Kier alpha value is -0.585. The molecule has 0 aromatic carbocycles. The second-order valence-corrected chi connectivity index (χ2v) is 5.55. The zero-order valence-electron chi connectivity index (χ0n) is 10.8. The Kier molecular flexibility index (Phi) is 4.30. The minimum absolute atomic E-state index is 0.0131. The van der Waals surface area contributed by atoms with E-state index < -0.39 is 11.5 Å². The molecule has 2 heterocycles. The molecule has 0 saturated carbocycles. The largest absolute Gasteiger partial charge is 0.480 e. The lowest BCUT2D eigenvalue weighted by Crippen LogP contribution is -2.55. The van der Waals surface area contributed by atoms with Crippen LogP contribution < -0.4 is 11.1 Å². The van der Waals surface area contributed by atoms with Crippen LogP contribution in [0.15, 0.2) is 0 Å². The Labute approximate surface area is 109 Å². The highest BCUT2D eigenvalue weighted by atomic mass is 16.4. The molecule has 5 nitrogen and oxygen atoms in total. The van der Waals surface area contributed by atoms with Crippen molar-refractivity contribution in [1.82, 2.24) is 10.2 Å². The van der Waals surface area contributed by atoms with Crippen LogP contribution in [0, 0.1) is 5.92 Å². The fourth-order valence-corrected chi connectivity index (χ4v) is 3.16. The van der Waals surface area contributed by atoms with Crippen LogP contribution in [-0.2, 0) is 4.79 Å². The highest BCUT2D eigenvalue weighted by Gasteiger charge is 2.50. The number of hydrogen-bond acceptors (Lipinski definition) is 4. The van der Waals surface area contributed by atoms with E-state index in [9.17, 15) is 9.90 Å². The minimum Gasteiger partial charge on any atom is -0.480 e. The molecule has 2 rings (SSSR count). The number of nitrogens with zero attached hydrogens (tertiary/aromatic N) is 1. The van der Waals surface area contributed by atoms with Crippen molar-refractivity contribution >= 4 is 13.8 Å². The Morgan fingerprint density at radius 1 is 1.61 bits per heavy atom. The molecule has 4 N–H and O–H groups in total. The van der Waals surface area contributed by atoms with Crippen LogP contribution in [0.25, 0.3) is 0 Å². The number of aliphatic carboxylic acids is 1. The van der Waals surface area contributed by atoms with E-state index in [1.165, 1.54) is 0 Å². The fourth-order valence-electron chi connectivity index (χ4n) is 3.16. The van der Waals surface area contributed by atoms with Gasteiger partial charge < -0.3 is 16.2 Å². The van der Waals surface area contributed by atoms with Crippen molar-refractivity contribution in [2.24, 2.45) is 11.7 Å². The number of rotatable bonds is 5. The van der Waals surface area contributed by atoms with Gasteiger partial charge in [-0.2, -0.15) is 0 Å². The molecule has 2 fully saturated rings. The molecular weight excluding hydrogens is 229 g/mol. The van der Waals surface area contributed by atoms with Crippen LogP contribution in [0.5, 0.6) is 0 Å². The summed E-state index contributed by atoms with van der Waals surface area (Å²) >= 11 is 0. The van der Waals surface area contributed by atoms with Crippen LogP contribution in [0.3, 0.4) is 0 Å². The van der Waals surface area contributed by atoms with Crippen LogP contribution >= 0.6 is 0 Å². The van der Waals surface area contributed by atoms with Crippen LogP contribution in [0.1, 0.15) is 19.3 Å². The Morgan fingerprint density at radius 3 is 2.94 bits per heavy atom. The van der Waals surface area contributed by atoms with Gasteiger partial charge in [-0.3, -0.25) is 9.69 Å². The molecule has 1 unspecified atom stereocenters. The van der Waals surface area contributed by atoms with Gasteiger partial charge in [-0.05, 0) is 19.4 Å². The van der Waals surface area contributed by atoms with Crippen LogP contribution in [0.2, 0.25) is 6.32 Å². The van der Waals surface area contributed by atoms with Gasteiger partial charge in [0.05, 0.1) is 7.85 Å². The SMILES string of the molecule is [B]CCC[C@H]1CN(C2CCNC2)C[C@@]1(N)C(=O)O. The number of carboxylic acid groups (broad SMARTS) is 1. The number of likely N-dealkylation sites (tertiary alicyclic amines) is 1. The topological polar surface area (TPSA) is 78.6 Å². The standard InChI is InChI=1S/C12H22BN3O2/c13-4-1-2-9-7-16(10-3-5-15-6-10)8-12(9,14)11(17)18/h9-10,15H,1-8,14H2,(H,17,18)/t9-,10?,12-/m0/s1. The van der Waals surface area contributed by atoms with Crippen molar-refractivity contribution in [2.75, 3.05) is 26.2 Å². The first-order chi connectivity index (χ1) is 8.58. The fraction of sp³-hybridized carbons (Fsp3) is 0.917. The number of carbonyl (C=O) groups is 1. The monoisotopic (exact) mass is 251 g/mol. The summed E-state index contributed by atoms with van der Waals surface area (Å²) in [6.45, 7) is 3.21. The molecule has 6 heteroatoms. The van der Waals surface area contributed by atoms with E-state index in [-0.39, 0.29) is 5.92 Å². The predicted molar refractivity (Wildman–Crippen MR) is 70.7 cm³/mol. The second-order valence-electron chi connectivity index (χ2n) is 5.55. The predicted octanol–water partition coefficient (Wildman–Crippen LogP) is -0.571. The van der Waals surface area contributed by atoms with Crippen LogP contribution in [0.4, 0.5) is 0 Å². The van der Waals surface area contributed by atoms with E-state index in [1.54, 1.807) is 0 Å². The molecule has 18 heavy (non-hydrogen) atoms. The zero-order valence-corrected chi connectivity index (χ0v) is 10.8. The highest BCUT2D eigenvalue weighted by Crippen LogP contribution is 2.32. The van der Waals surface area contributed by atoms with Crippen molar-refractivity contribution in [1.29, 1.82) is 0 Å². The van der Waals surface area contributed by atoms with Gasteiger partial charge in [0, 0.05) is 31.6 Å². The molecule has 0 aliphatic carbocycles. The van der Waals surface area contributed by atoms with E-state index in [2.05, 4.69) is 10.2 Å². The quantitative estimate of drug-likeness (QED) is 0.570. The van der Waals surface area contributed by atoms with Gasteiger partial charge in [-0.15, -0.1) is 0 Å².